The average Bonchev–Trinajstić information content (AvgIpc) is 2.69. The van der Waals surface area contributed by atoms with Gasteiger partial charge >= 0.3 is 5.97 Å². The molecule has 2 rings (SSSR count). The molecule has 1 aromatic carbocycles. The summed E-state index contributed by atoms with van der Waals surface area (Å²) in [5.74, 6) is 0.0174. The van der Waals surface area contributed by atoms with E-state index in [0.29, 0.717) is 24.7 Å². The van der Waals surface area contributed by atoms with Crippen molar-refractivity contribution < 1.29 is 23.8 Å². The second-order valence-corrected chi connectivity index (χ2v) is 4.57. The molecule has 1 aliphatic heterocycles. The van der Waals surface area contributed by atoms with Crippen molar-refractivity contribution in [3.63, 3.8) is 0 Å². The predicted octanol–water partition coefficient (Wildman–Crippen LogP) is 1.28. The molecular weight excluding hydrogens is 274 g/mol. The Labute approximate surface area is 122 Å². The third-order valence-electron chi connectivity index (χ3n) is 2.88. The molecule has 0 bridgehead atoms. The minimum Gasteiger partial charge on any atom is -0.490 e. The summed E-state index contributed by atoms with van der Waals surface area (Å²) in [6.45, 7) is 2.64. The fourth-order valence-electron chi connectivity index (χ4n) is 1.72. The van der Waals surface area contributed by atoms with Gasteiger partial charge in [-0.05, 0) is 30.7 Å². The first kappa shape index (κ1) is 14.9. The SMILES string of the molecule is C[C@@H](OC(=O)/C=C/c1ccc2c(c1)OCCCO2)C(N)=O. The molecule has 0 radical (unpaired) electrons. The van der Waals surface area contributed by atoms with Gasteiger partial charge in [-0.1, -0.05) is 6.07 Å². The van der Waals surface area contributed by atoms with Crippen LogP contribution in [0.15, 0.2) is 24.3 Å². The van der Waals surface area contributed by atoms with E-state index in [1.165, 1.54) is 13.0 Å². The van der Waals surface area contributed by atoms with E-state index >= 15 is 0 Å². The van der Waals surface area contributed by atoms with Crippen LogP contribution in [0.2, 0.25) is 0 Å². The van der Waals surface area contributed by atoms with Crippen molar-refractivity contribution in [3.05, 3.63) is 29.8 Å². The molecule has 2 N–H and O–H groups in total. The first-order valence-corrected chi connectivity index (χ1v) is 6.64. The van der Waals surface area contributed by atoms with Gasteiger partial charge in [0.05, 0.1) is 13.2 Å². The Kier molecular flexibility index (Phi) is 4.81. The van der Waals surface area contributed by atoms with Gasteiger partial charge in [-0.15, -0.1) is 0 Å². The van der Waals surface area contributed by atoms with Crippen LogP contribution in [-0.4, -0.2) is 31.2 Å². The third-order valence-corrected chi connectivity index (χ3v) is 2.88. The number of hydrogen-bond donors (Lipinski definition) is 1. The van der Waals surface area contributed by atoms with Crippen molar-refractivity contribution in [1.82, 2.24) is 0 Å². The van der Waals surface area contributed by atoms with Gasteiger partial charge < -0.3 is 19.9 Å². The molecule has 6 nitrogen and oxygen atoms in total. The number of rotatable bonds is 4. The molecule has 21 heavy (non-hydrogen) atoms. The van der Waals surface area contributed by atoms with Gasteiger partial charge in [0.2, 0.25) is 0 Å². The largest absolute Gasteiger partial charge is 0.490 e. The fourth-order valence-corrected chi connectivity index (χ4v) is 1.72. The smallest absolute Gasteiger partial charge is 0.331 e. The molecule has 1 amide bonds. The molecule has 0 aliphatic carbocycles. The van der Waals surface area contributed by atoms with Crippen molar-refractivity contribution in [1.29, 1.82) is 0 Å². The van der Waals surface area contributed by atoms with Crippen molar-refractivity contribution in [2.24, 2.45) is 5.73 Å². The summed E-state index contributed by atoms with van der Waals surface area (Å²) in [6.07, 6.45) is 2.69. The van der Waals surface area contributed by atoms with Gasteiger partial charge in [0.15, 0.2) is 17.6 Å². The van der Waals surface area contributed by atoms with E-state index < -0.39 is 18.0 Å². The van der Waals surface area contributed by atoms with Crippen LogP contribution in [0.5, 0.6) is 11.5 Å². The Hall–Kier alpha value is -2.50. The molecule has 0 fully saturated rings. The number of benzene rings is 1. The molecule has 1 heterocycles. The highest BCUT2D eigenvalue weighted by atomic mass is 16.5. The first-order valence-electron chi connectivity index (χ1n) is 6.64. The minimum absolute atomic E-state index is 0.596. The van der Waals surface area contributed by atoms with Gasteiger partial charge in [0.1, 0.15) is 0 Å². The summed E-state index contributed by atoms with van der Waals surface area (Å²) in [6, 6.07) is 5.37. The summed E-state index contributed by atoms with van der Waals surface area (Å²) < 4.78 is 15.9. The van der Waals surface area contributed by atoms with E-state index in [2.05, 4.69) is 0 Å². The van der Waals surface area contributed by atoms with E-state index in [0.717, 1.165) is 12.0 Å². The molecule has 1 aliphatic rings. The number of amides is 1. The molecule has 0 saturated carbocycles. The molecule has 112 valence electrons. The number of carbonyl (C=O) groups excluding carboxylic acids is 2. The summed E-state index contributed by atoms with van der Waals surface area (Å²) >= 11 is 0. The standard InChI is InChI=1S/C15H17NO5/c1-10(15(16)18)21-14(17)6-4-11-3-5-12-13(9-11)20-8-2-7-19-12/h3-6,9-10H,2,7-8H2,1H3,(H2,16,18)/b6-4+/t10-/m1/s1. The lowest BCUT2D eigenvalue weighted by Gasteiger charge is -2.08. The Balaban J connectivity index is 2.02. The highest BCUT2D eigenvalue weighted by Crippen LogP contribution is 2.30. The van der Waals surface area contributed by atoms with Crippen LogP contribution < -0.4 is 15.2 Å². The first-order chi connectivity index (χ1) is 10.1. The number of nitrogens with two attached hydrogens (primary N) is 1. The summed E-state index contributed by atoms with van der Waals surface area (Å²) in [7, 11) is 0. The highest BCUT2D eigenvalue weighted by Gasteiger charge is 2.13. The fraction of sp³-hybridized carbons (Fsp3) is 0.333. The van der Waals surface area contributed by atoms with Crippen molar-refractivity contribution in [3.8, 4) is 11.5 Å². The van der Waals surface area contributed by atoms with Gasteiger partial charge in [-0.3, -0.25) is 4.79 Å². The molecule has 6 heteroatoms. The van der Waals surface area contributed by atoms with Gasteiger partial charge in [-0.25, -0.2) is 4.79 Å². The van der Waals surface area contributed by atoms with Crippen molar-refractivity contribution in [2.75, 3.05) is 13.2 Å². The molecule has 0 unspecified atom stereocenters. The zero-order valence-electron chi connectivity index (χ0n) is 11.7. The Bertz CT molecular complexity index is 567. The normalized spacial score (nSPS) is 15.3. The lowest BCUT2D eigenvalue weighted by atomic mass is 10.2. The molecular formula is C15H17NO5. The van der Waals surface area contributed by atoms with Crippen molar-refractivity contribution in [2.45, 2.75) is 19.4 Å². The highest BCUT2D eigenvalue weighted by molar-refractivity contribution is 5.90. The van der Waals surface area contributed by atoms with Crippen LogP contribution in [-0.2, 0) is 14.3 Å². The van der Waals surface area contributed by atoms with Crippen molar-refractivity contribution >= 4 is 18.0 Å². The lowest BCUT2D eigenvalue weighted by Crippen LogP contribution is -2.29. The zero-order valence-corrected chi connectivity index (χ0v) is 11.7. The molecule has 1 atom stereocenters. The third kappa shape index (κ3) is 4.24. The van der Waals surface area contributed by atoms with Crippen LogP contribution in [0.25, 0.3) is 6.08 Å². The second-order valence-electron chi connectivity index (χ2n) is 4.57. The lowest BCUT2D eigenvalue weighted by molar-refractivity contribution is -0.148. The van der Waals surface area contributed by atoms with E-state index in [9.17, 15) is 9.59 Å². The maximum atomic E-state index is 11.5. The summed E-state index contributed by atoms with van der Waals surface area (Å²) in [5.41, 5.74) is 5.78. The molecule has 0 spiro atoms. The van der Waals surface area contributed by atoms with E-state index in [1.54, 1.807) is 24.3 Å². The van der Waals surface area contributed by atoms with Crippen LogP contribution in [0.4, 0.5) is 0 Å². The maximum absolute atomic E-state index is 11.5. The zero-order chi connectivity index (χ0) is 15.2. The predicted molar refractivity (Wildman–Crippen MR) is 75.8 cm³/mol. The summed E-state index contributed by atoms with van der Waals surface area (Å²) in [4.78, 5) is 22.3. The van der Waals surface area contributed by atoms with Gasteiger partial charge in [0, 0.05) is 12.5 Å². The minimum atomic E-state index is -0.953. The number of ether oxygens (including phenoxy) is 3. The topological polar surface area (TPSA) is 87.8 Å². The number of primary amides is 1. The number of fused-ring (bicyclic) bond motifs is 1. The monoisotopic (exact) mass is 291 g/mol. The maximum Gasteiger partial charge on any atom is 0.331 e. The van der Waals surface area contributed by atoms with E-state index in [1.807, 2.05) is 0 Å². The molecule has 1 aromatic rings. The molecule has 0 saturated heterocycles. The van der Waals surface area contributed by atoms with Crippen LogP contribution in [0.3, 0.4) is 0 Å². The quantitative estimate of drug-likeness (QED) is 0.667. The second kappa shape index (κ2) is 6.78. The van der Waals surface area contributed by atoms with Gasteiger partial charge in [-0.2, -0.15) is 0 Å². The summed E-state index contributed by atoms with van der Waals surface area (Å²) in [5, 5.41) is 0. The van der Waals surface area contributed by atoms with Crippen LogP contribution in [0.1, 0.15) is 18.9 Å². The Morgan fingerprint density at radius 2 is 2.00 bits per heavy atom. The number of hydrogen-bond acceptors (Lipinski definition) is 5. The van der Waals surface area contributed by atoms with Crippen LogP contribution >= 0.6 is 0 Å². The van der Waals surface area contributed by atoms with E-state index in [-0.39, 0.29) is 0 Å². The number of carbonyl (C=O) groups is 2. The number of esters is 1. The van der Waals surface area contributed by atoms with E-state index in [4.69, 9.17) is 19.9 Å². The Morgan fingerprint density at radius 1 is 1.29 bits per heavy atom. The Morgan fingerprint density at radius 3 is 2.71 bits per heavy atom. The van der Waals surface area contributed by atoms with Crippen LogP contribution in [0, 0.1) is 0 Å². The average molecular weight is 291 g/mol. The van der Waals surface area contributed by atoms with Gasteiger partial charge in [0.25, 0.3) is 5.91 Å². The molecule has 0 aromatic heterocycles.